The summed E-state index contributed by atoms with van der Waals surface area (Å²) in [5, 5.41) is 0. The second-order valence-electron chi connectivity index (χ2n) is 3.86. The second-order valence-corrected chi connectivity index (χ2v) is 3.86. The largest absolute Gasteiger partial charge is 0.379 e. The van der Waals surface area contributed by atoms with Gasteiger partial charge in [0.1, 0.15) is 6.61 Å². The Kier molecular flexibility index (Phi) is 6.98. The van der Waals surface area contributed by atoms with E-state index in [9.17, 15) is 4.79 Å². The van der Waals surface area contributed by atoms with Gasteiger partial charge >= 0.3 is 0 Å². The monoisotopic (exact) mass is 252 g/mol. The van der Waals surface area contributed by atoms with E-state index < -0.39 is 0 Å². The number of pyridine rings is 1. The average Bonchev–Trinajstić information content (AvgIpc) is 2.39. The maximum absolute atomic E-state index is 11.7. The van der Waals surface area contributed by atoms with Crippen LogP contribution in [0.3, 0.4) is 0 Å². The van der Waals surface area contributed by atoms with Crippen LogP contribution in [0.5, 0.6) is 0 Å². The number of aromatic nitrogens is 1. The Morgan fingerprint density at radius 1 is 1.39 bits per heavy atom. The highest BCUT2D eigenvalue weighted by molar-refractivity contribution is 5.77. The van der Waals surface area contributed by atoms with Crippen LogP contribution in [0.15, 0.2) is 24.5 Å². The van der Waals surface area contributed by atoms with Gasteiger partial charge in [-0.3, -0.25) is 9.78 Å². The molecular formula is C13H20N2O3. The van der Waals surface area contributed by atoms with E-state index in [1.165, 1.54) is 0 Å². The minimum atomic E-state index is -0.0460. The molecule has 1 aromatic heterocycles. The molecule has 0 aromatic carbocycles. The first kappa shape index (κ1) is 14.6. The summed E-state index contributed by atoms with van der Waals surface area (Å²) >= 11 is 0. The van der Waals surface area contributed by atoms with Gasteiger partial charge in [0.15, 0.2) is 0 Å². The predicted molar refractivity (Wildman–Crippen MR) is 68.0 cm³/mol. The highest BCUT2D eigenvalue weighted by Gasteiger charge is 2.09. The number of carbonyl (C=O) groups is 1. The van der Waals surface area contributed by atoms with Crippen LogP contribution in [0.2, 0.25) is 0 Å². The van der Waals surface area contributed by atoms with Gasteiger partial charge in [-0.25, -0.2) is 0 Å². The van der Waals surface area contributed by atoms with E-state index in [0.29, 0.717) is 26.4 Å². The van der Waals surface area contributed by atoms with Gasteiger partial charge in [0.2, 0.25) is 5.91 Å². The fraction of sp³-hybridized carbons (Fsp3) is 0.538. The van der Waals surface area contributed by atoms with Crippen LogP contribution in [0, 0.1) is 0 Å². The van der Waals surface area contributed by atoms with Crippen LogP contribution in [0.1, 0.15) is 12.5 Å². The Balaban J connectivity index is 2.21. The van der Waals surface area contributed by atoms with Crippen LogP contribution >= 0.6 is 0 Å². The van der Waals surface area contributed by atoms with Gasteiger partial charge in [-0.2, -0.15) is 0 Å². The van der Waals surface area contributed by atoms with Crippen molar-refractivity contribution in [1.82, 2.24) is 9.88 Å². The zero-order valence-electron chi connectivity index (χ0n) is 11.0. The molecule has 0 aliphatic carbocycles. The molecule has 0 aliphatic heterocycles. The number of amides is 1. The zero-order chi connectivity index (χ0) is 13.2. The van der Waals surface area contributed by atoms with E-state index >= 15 is 0 Å². The van der Waals surface area contributed by atoms with Crippen molar-refractivity contribution in [3.63, 3.8) is 0 Å². The molecule has 5 heteroatoms. The van der Waals surface area contributed by atoms with Crippen LogP contribution in [0.4, 0.5) is 0 Å². The molecule has 0 fully saturated rings. The molecule has 5 nitrogen and oxygen atoms in total. The summed E-state index contributed by atoms with van der Waals surface area (Å²) in [5.74, 6) is -0.0460. The van der Waals surface area contributed by atoms with Crippen molar-refractivity contribution in [3.8, 4) is 0 Å². The van der Waals surface area contributed by atoms with Gasteiger partial charge < -0.3 is 14.4 Å². The van der Waals surface area contributed by atoms with Crippen LogP contribution in [-0.2, 0) is 20.8 Å². The summed E-state index contributed by atoms with van der Waals surface area (Å²) < 4.78 is 10.3. The first-order valence-electron chi connectivity index (χ1n) is 6.02. The number of hydrogen-bond acceptors (Lipinski definition) is 4. The summed E-state index contributed by atoms with van der Waals surface area (Å²) in [6, 6.07) is 3.79. The van der Waals surface area contributed by atoms with E-state index in [1.807, 2.05) is 19.1 Å². The van der Waals surface area contributed by atoms with Gasteiger partial charge in [-0.1, -0.05) is 6.07 Å². The first-order valence-corrected chi connectivity index (χ1v) is 6.02. The van der Waals surface area contributed by atoms with Crippen molar-refractivity contribution >= 4 is 5.91 Å². The topological polar surface area (TPSA) is 51.7 Å². The number of nitrogens with zero attached hydrogens (tertiary/aromatic N) is 2. The number of carbonyl (C=O) groups excluding carboxylic acids is 1. The smallest absolute Gasteiger partial charge is 0.248 e. The number of likely N-dealkylation sites (N-methyl/N-ethyl adjacent to an activating group) is 1. The van der Waals surface area contributed by atoms with Crippen molar-refractivity contribution in [3.05, 3.63) is 30.1 Å². The molecule has 0 N–H and O–H groups in total. The van der Waals surface area contributed by atoms with E-state index in [0.717, 1.165) is 5.56 Å². The fourth-order valence-electron chi connectivity index (χ4n) is 1.39. The quantitative estimate of drug-likeness (QED) is 0.650. The molecule has 0 saturated carbocycles. The van der Waals surface area contributed by atoms with E-state index in [1.54, 1.807) is 24.3 Å². The molecular weight excluding hydrogens is 232 g/mol. The Morgan fingerprint density at radius 3 is 2.83 bits per heavy atom. The SMILES string of the molecule is CCOCCOCC(=O)N(C)Cc1cccnc1. The molecule has 1 rings (SSSR count). The summed E-state index contributed by atoms with van der Waals surface area (Å²) in [6.07, 6.45) is 3.46. The molecule has 1 amide bonds. The molecule has 100 valence electrons. The fourth-order valence-corrected chi connectivity index (χ4v) is 1.39. The van der Waals surface area contributed by atoms with Gasteiger partial charge in [-0.15, -0.1) is 0 Å². The average molecular weight is 252 g/mol. The van der Waals surface area contributed by atoms with E-state index in [-0.39, 0.29) is 12.5 Å². The normalized spacial score (nSPS) is 10.3. The third-order valence-electron chi connectivity index (χ3n) is 2.37. The highest BCUT2D eigenvalue weighted by Crippen LogP contribution is 2.00. The van der Waals surface area contributed by atoms with Gasteiger partial charge in [0.05, 0.1) is 13.2 Å². The maximum Gasteiger partial charge on any atom is 0.248 e. The third kappa shape index (κ3) is 5.75. The molecule has 18 heavy (non-hydrogen) atoms. The highest BCUT2D eigenvalue weighted by atomic mass is 16.5. The predicted octanol–water partition coefficient (Wildman–Crippen LogP) is 1.09. The standard InChI is InChI=1S/C13H20N2O3/c1-3-17-7-8-18-11-13(16)15(2)10-12-5-4-6-14-9-12/h4-6,9H,3,7-8,10-11H2,1-2H3. The molecule has 0 bridgehead atoms. The van der Waals surface area contributed by atoms with Crippen molar-refractivity contribution in [2.45, 2.75) is 13.5 Å². The van der Waals surface area contributed by atoms with Crippen molar-refractivity contribution in [1.29, 1.82) is 0 Å². The van der Waals surface area contributed by atoms with Crippen molar-refractivity contribution in [2.75, 3.05) is 33.5 Å². The van der Waals surface area contributed by atoms with E-state index in [4.69, 9.17) is 9.47 Å². The minimum Gasteiger partial charge on any atom is -0.379 e. The molecule has 0 unspecified atom stereocenters. The van der Waals surface area contributed by atoms with E-state index in [2.05, 4.69) is 4.98 Å². The van der Waals surface area contributed by atoms with Gasteiger partial charge in [-0.05, 0) is 18.6 Å². The lowest BCUT2D eigenvalue weighted by atomic mass is 10.3. The number of rotatable bonds is 8. The zero-order valence-corrected chi connectivity index (χ0v) is 11.0. The maximum atomic E-state index is 11.7. The van der Waals surface area contributed by atoms with Crippen LogP contribution in [0.25, 0.3) is 0 Å². The molecule has 0 spiro atoms. The molecule has 1 heterocycles. The first-order chi connectivity index (χ1) is 8.74. The lowest BCUT2D eigenvalue weighted by Gasteiger charge is -2.17. The minimum absolute atomic E-state index is 0.0460. The molecule has 0 radical (unpaired) electrons. The van der Waals surface area contributed by atoms with Crippen molar-refractivity contribution in [2.24, 2.45) is 0 Å². The summed E-state index contributed by atoms with van der Waals surface area (Å²) in [5.41, 5.74) is 1.00. The molecule has 0 saturated heterocycles. The Labute approximate surface area is 108 Å². The van der Waals surface area contributed by atoms with Crippen LogP contribution in [-0.4, -0.2) is 49.3 Å². The van der Waals surface area contributed by atoms with Crippen molar-refractivity contribution < 1.29 is 14.3 Å². The van der Waals surface area contributed by atoms with Gasteiger partial charge in [0.25, 0.3) is 0 Å². The van der Waals surface area contributed by atoms with Crippen LogP contribution < -0.4 is 0 Å². The summed E-state index contributed by atoms with van der Waals surface area (Å²) in [7, 11) is 1.75. The molecule has 0 atom stereocenters. The third-order valence-corrected chi connectivity index (χ3v) is 2.37. The van der Waals surface area contributed by atoms with Gasteiger partial charge in [0, 0.05) is 32.6 Å². The molecule has 0 aliphatic rings. The lowest BCUT2D eigenvalue weighted by Crippen LogP contribution is -2.30. The summed E-state index contributed by atoms with van der Waals surface area (Å²) in [4.78, 5) is 17.3. The molecule has 1 aromatic rings. The lowest BCUT2D eigenvalue weighted by molar-refractivity contribution is -0.135. The number of ether oxygens (including phenoxy) is 2. The Hall–Kier alpha value is -1.46. The number of hydrogen-bond donors (Lipinski definition) is 0. The summed E-state index contributed by atoms with van der Waals surface area (Å²) in [6.45, 7) is 4.19. The second kappa shape index (κ2) is 8.60. The Morgan fingerprint density at radius 2 is 2.17 bits per heavy atom. The Bertz CT molecular complexity index is 343.